The molecule has 3 heteroatoms. The number of ketones is 1. The number of rotatable bonds is 4. The molecule has 0 spiro atoms. The van der Waals surface area contributed by atoms with Crippen molar-refractivity contribution in [1.82, 2.24) is 5.32 Å². The summed E-state index contributed by atoms with van der Waals surface area (Å²) in [5.41, 5.74) is 0. The highest BCUT2D eigenvalue weighted by molar-refractivity contribution is 7.99. The van der Waals surface area contributed by atoms with Crippen LogP contribution in [0.3, 0.4) is 0 Å². The van der Waals surface area contributed by atoms with Crippen LogP contribution in [0.15, 0.2) is 0 Å². The first-order valence-corrected chi connectivity index (χ1v) is 5.77. The van der Waals surface area contributed by atoms with Crippen molar-refractivity contribution in [3.05, 3.63) is 0 Å². The maximum atomic E-state index is 11.5. The predicted molar refractivity (Wildman–Crippen MR) is 56.8 cm³/mol. The van der Waals surface area contributed by atoms with Crippen molar-refractivity contribution in [2.45, 2.75) is 25.3 Å². The van der Waals surface area contributed by atoms with Crippen molar-refractivity contribution in [2.75, 3.05) is 18.1 Å². The van der Waals surface area contributed by atoms with Gasteiger partial charge in [0, 0.05) is 30.9 Å². The maximum absolute atomic E-state index is 11.5. The van der Waals surface area contributed by atoms with Gasteiger partial charge in [0.25, 0.3) is 0 Å². The summed E-state index contributed by atoms with van der Waals surface area (Å²) in [7, 11) is 0. The number of hydrogen-bond acceptors (Lipinski definition) is 3. The lowest BCUT2D eigenvalue weighted by molar-refractivity contribution is -0.120. The summed E-state index contributed by atoms with van der Waals surface area (Å²) in [5, 5.41) is 3.22. The number of terminal acetylenes is 1. The van der Waals surface area contributed by atoms with Gasteiger partial charge < -0.3 is 5.32 Å². The van der Waals surface area contributed by atoms with Crippen LogP contribution in [0, 0.1) is 12.3 Å². The number of carbonyl (C=O) groups excluding carboxylic acids is 1. The third kappa shape index (κ3) is 3.84. The highest BCUT2D eigenvalue weighted by atomic mass is 32.2. The summed E-state index contributed by atoms with van der Waals surface area (Å²) < 4.78 is 0. The fourth-order valence-electron chi connectivity index (χ4n) is 1.31. The van der Waals surface area contributed by atoms with Gasteiger partial charge in [-0.05, 0) is 6.42 Å². The molecule has 0 saturated carbocycles. The maximum Gasteiger partial charge on any atom is 0.150 e. The van der Waals surface area contributed by atoms with Crippen molar-refractivity contribution in [3.63, 3.8) is 0 Å². The van der Waals surface area contributed by atoms with E-state index < -0.39 is 0 Å². The molecule has 2 nitrogen and oxygen atoms in total. The van der Waals surface area contributed by atoms with E-state index in [4.69, 9.17) is 6.42 Å². The molecule has 1 atom stereocenters. The molecule has 1 aliphatic heterocycles. The molecule has 1 rings (SSSR count). The van der Waals surface area contributed by atoms with Crippen LogP contribution in [0.1, 0.15) is 19.3 Å². The zero-order valence-corrected chi connectivity index (χ0v) is 8.53. The van der Waals surface area contributed by atoms with Gasteiger partial charge >= 0.3 is 0 Å². The van der Waals surface area contributed by atoms with E-state index in [2.05, 4.69) is 11.2 Å². The monoisotopic (exact) mass is 197 g/mol. The standard InChI is InChI=1S/C10H15NOS/c1-2-3-4-5-10(12)9-8-13-7-6-11-9/h1,9,11H,3-8H2. The van der Waals surface area contributed by atoms with Gasteiger partial charge in [-0.3, -0.25) is 4.79 Å². The number of hydrogen-bond donors (Lipinski definition) is 1. The predicted octanol–water partition coefficient (Wildman–Crippen LogP) is 1.06. The molecule has 1 N–H and O–H groups in total. The Hall–Kier alpha value is -0.460. The Labute approximate surface area is 83.9 Å². The summed E-state index contributed by atoms with van der Waals surface area (Å²) in [6.45, 7) is 0.955. The molecule has 1 heterocycles. The summed E-state index contributed by atoms with van der Waals surface area (Å²) in [6.07, 6.45) is 7.28. The Kier molecular flexibility index (Phi) is 4.95. The van der Waals surface area contributed by atoms with Crippen LogP contribution in [0.4, 0.5) is 0 Å². The van der Waals surface area contributed by atoms with Crippen molar-refractivity contribution < 1.29 is 4.79 Å². The number of nitrogens with one attached hydrogen (secondary N) is 1. The van der Waals surface area contributed by atoms with E-state index in [1.54, 1.807) is 0 Å². The number of unbranched alkanes of at least 4 members (excludes halogenated alkanes) is 1. The molecule has 0 aromatic carbocycles. The van der Waals surface area contributed by atoms with Crippen LogP contribution in [-0.2, 0) is 4.79 Å². The molecular weight excluding hydrogens is 182 g/mol. The minimum Gasteiger partial charge on any atom is -0.306 e. The Balaban J connectivity index is 2.18. The zero-order valence-electron chi connectivity index (χ0n) is 7.71. The molecule has 0 aliphatic carbocycles. The third-order valence-corrected chi connectivity index (χ3v) is 3.12. The zero-order chi connectivity index (χ0) is 9.52. The molecular formula is C10H15NOS. The quantitative estimate of drug-likeness (QED) is 0.540. The van der Waals surface area contributed by atoms with Gasteiger partial charge in [0.1, 0.15) is 0 Å². The molecule has 1 unspecified atom stereocenters. The fraction of sp³-hybridized carbons (Fsp3) is 0.700. The van der Waals surface area contributed by atoms with E-state index >= 15 is 0 Å². The van der Waals surface area contributed by atoms with E-state index in [1.165, 1.54) is 0 Å². The third-order valence-electron chi connectivity index (χ3n) is 2.05. The smallest absolute Gasteiger partial charge is 0.150 e. The Morgan fingerprint density at radius 1 is 1.69 bits per heavy atom. The highest BCUT2D eigenvalue weighted by Crippen LogP contribution is 2.10. The van der Waals surface area contributed by atoms with Crippen molar-refractivity contribution in [1.29, 1.82) is 0 Å². The van der Waals surface area contributed by atoms with Gasteiger partial charge in [-0.1, -0.05) is 0 Å². The van der Waals surface area contributed by atoms with E-state index in [9.17, 15) is 4.79 Å². The molecule has 0 radical (unpaired) electrons. The molecule has 1 fully saturated rings. The average Bonchev–Trinajstić information content (AvgIpc) is 2.19. The average molecular weight is 197 g/mol. The fourth-order valence-corrected chi connectivity index (χ4v) is 2.28. The van der Waals surface area contributed by atoms with Crippen molar-refractivity contribution in [3.8, 4) is 12.3 Å². The Morgan fingerprint density at radius 3 is 3.15 bits per heavy atom. The lowest BCUT2D eigenvalue weighted by Gasteiger charge is -2.21. The molecule has 0 amide bonds. The molecule has 13 heavy (non-hydrogen) atoms. The second-order valence-electron chi connectivity index (χ2n) is 3.11. The molecule has 72 valence electrons. The first-order valence-electron chi connectivity index (χ1n) is 4.62. The van der Waals surface area contributed by atoms with Crippen LogP contribution >= 0.6 is 11.8 Å². The second-order valence-corrected chi connectivity index (χ2v) is 4.26. The van der Waals surface area contributed by atoms with Crippen LogP contribution in [0.25, 0.3) is 0 Å². The molecule has 1 aliphatic rings. The summed E-state index contributed by atoms with van der Waals surface area (Å²) in [6, 6.07) is 0.0801. The minimum absolute atomic E-state index is 0.0801. The lowest BCUT2D eigenvalue weighted by atomic mass is 10.1. The van der Waals surface area contributed by atoms with Gasteiger partial charge in [-0.2, -0.15) is 11.8 Å². The van der Waals surface area contributed by atoms with Gasteiger partial charge in [0.05, 0.1) is 6.04 Å². The van der Waals surface area contributed by atoms with E-state index in [0.29, 0.717) is 18.6 Å². The second kappa shape index (κ2) is 6.06. The SMILES string of the molecule is C#CCCCC(=O)C1CSCCN1. The number of carbonyl (C=O) groups is 1. The molecule has 1 saturated heterocycles. The normalized spacial score (nSPS) is 22.2. The lowest BCUT2D eigenvalue weighted by Crippen LogP contribution is -2.43. The molecule has 0 aromatic heterocycles. The Morgan fingerprint density at radius 2 is 2.54 bits per heavy atom. The van der Waals surface area contributed by atoms with Gasteiger partial charge in [0.15, 0.2) is 5.78 Å². The summed E-state index contributed by atoms with van der Waals surface area (Å²) in [4.78, 5) is 11.5. The Bertz CT molecular complexity index is 203. The number of thioether (sulfide) groups is 1. The van der Waals surface area contributed by atoms with E-state index in [-0.39, 0.29) is 6.04 Å². The first kappa shape index (κ1) is 10.6. The van der Waals surface area contributed by atoms with E-state index in [0.717, 1.165) is 24.5 Å². The molecule has 0 bridgehead atoms. The van der Waals surface area contributed by atoms with Crippen molar-refractivity contribution >= 4 is 17.5 Å². The van der Waals surface area contributed by atoms with Gasteiger partial charge in [-0.25, -0.2) is 0 Å². The number of Topliss-reactive ketones (excluding diaryl/α,β-unsaturated/α-hetero) is 1. The topological polar surface area (TPSA) is 29.1 Å². The van der Waals surface area contributed by atoms with Crippen LogP contribution in [0.5, 0.6) is 0 Å². The van der Waals surface area contributed by atoms with Gasteiger partial charge in [-0.15, -0.1) is 12.3 Å². The van der Waals surface area contributed by atoms with Crippen LogP contribution in [-0.4, -0.2) is 29.9 Å². The largest absolute Gasteiger partial charge is 0.306 e. The van der Waals surface area contributed by atoms with Crippen LogP contribution < -0.4 is 5.32 Å². The highest BCUT2D eigenvalue weighted by Gasteiger charge is 2.19. The summed E-state index contributed by atoms with van der Waals surface area (Å²) in [5.74, 6) is 4.91. The first-order chi connectivity index (χ1) is 6.34. The molecule has 0 aromatic rings. The minimum atomic E-state index is 0.0801. The van der Waals surface area contributed by atoms with Gasteiger partial charge in [0.2, 0.25) is 0 Å². The van der Waals surface area contributed by atoms with Crippen molar-refractivity contribution in [2.24, 2.45) is 0 Å². The van der Waals surface area contributed by atoms with Crippen LogP contribution in [0.2, 0.25) is 0 Å². The van der Waals surface area contributed by atoms with E-state index in [1.807, 2.05) is 11.8 Å². The summed E-state index contributed by atoms with van der Waals surface area (Å²) >= 11 is 1.85.